The Labute approximate surface area is 112 Å². The second kappa shape index (κ2) is 5.24. The zero-order chi connectivity index (χ0) is 12.6. The summed E-state index contributed by atoms with van der Waals surface area (Å²) in [5.41, 5.74) is -0.362. The smallest absolute Gasteiger partial charge is 0.408 e. The Bertz CT molecular complexity index is 470. The van der Waals surface area contributed by atoms with Crippen LogP contribution in [0.15, 0.2) is 18.2 Å². The number of alkyl halides is 2. The lowest BCUT2D eigenvalue weighted by molar-refractivity contribution is -0.104. The molecule has 0 bridgehead atoms. The number of nitrogens with one attached hydrogen (secondary N) is 1. The van der Waals surface area contributed by atoms with Gasteiger partial charge < -0.3 is 10.1 Å². The highest BCUT2D eigenvalue weighted by atomic mass is 35.5. The van der Waals surface area contributed by atoms with Crippen LogP contribution in [0.25, 0.3) is 0 Å². The molecule has 1 N–H and O–H groups in total. The first-order valence-electron chi connectivity index (χ1n) is 4.67. The maximum Gasteiger partial charge on any atom is 0.408 e. The molecule has 1 aliphatic heterocycles. The lowest BCUT2D eigenvalue weighted by atomic mass is 9.99. The molecule has 1 aromatic rings. The van der Waals surface area contributed by atoms with E-state index in [9.17, 15) is 18.0 Å². The van der Waals surface area contributed by atoms with Gasteiger partial charge in [-0.05, 0) is 6.07 Å². The molecule has 1 saturated heterocycles. The van der Waals surface area contributed by atoms with Crippen LogP contribution in [-0.4, -0.2) is 18.6 Å². The van der Waals surface area contributed by atoms with E-state index < -0.39 is 30.5 Å². The van der Waals surface area contributed by atoms with E-state index in [2.05, 4.69) is 4.74 Å². The van der Waals surface area contributed by atoms with Crippen LogP contribution in [0.1, 0.15) is 11.6 Å². The minimum Gasteiger partial charge on any atom is -0.443 e. The third-order valence-electron chi connectivity index (χ3n) is 2.37. The minimum atomic E-state index is -3.39. The van der Waals surface area contributed by atoms with Gasteiger partial charge in [0, 0.05) is 5.56 Å². The molecule has 0 unspecified atom stereocenters. The van der Waals surface area contributed by atoms with Gasteiger partial charge in [-0.3, -0.25) is 0 Å². The van der Waals surface area contributed by atoms with Crippen molar-refractivity contribution in [3.05, 3.63) is 34.6 Å². The summed E-state index contributed by atoms with van der Waals surface area (Å²) >= 11 is 5.50. The first-order valence-corrected chi connectivity index (χ1v) is 5.04. The fourth-order valence-corrected chi connectivity index (χ4v) is 1.74. The molecule has 0 aliphatic carbocycles. The Morgan fingerprint density at radius 2 is 2.11 bits per heavy atom. The van der Waals surface area contributed by atoms with Crippen LogP contribution in [0.5, 0.6) is 0 Å². The molecule has 1 aromatic carbocycles. The van der Waals surface area contributed by atoms with Gasteiger partial charge in [0.1, 0.15) is 11.9 Å². The van der Waals surface area contributed by atoms with Gasteiger partial charge in [0.05, 0.1) is 5.02 Å². The van der Waals surface area contributed by atoms with E-state index in [1.54, 1.807) is 0 Å². The number of hydrogen-bond acceptors (Lipinski definition) is 2. The molecule has 0 spiro atoms. The molecule has 1 amide bonds. The number of rotatable bonds is 1. The van der Waals surface area contributed by atoms with Crippen LogP contribution >= 0.6 is 24.0 Å². The van der Waals surface area contributed by atoms with Crippen molar-refractivity contribution in [1.82, 2.24) is 5.32 Å². The third-order valence-corrected chi connectivity index (χ3v) is 2.66. The average Bonchev–Trinajstić information content (AvgIpc) is 2.26. The summed E-state index contributed by atoms with van der Waals surface area (Å²) in [6.07, 6.45) is -1.01. The van der Waals surface area contributed by atoms with Gasteiger partial charge in [0.15, 0.2) is 6.61 Å². The largest absolute Gasteiger partial charge is 0.443 e. The predicted octanol–water partition coefficient (Wildman–Crippen LogP) is 3.32. The van der Waals surface area contributed by atoms with Crippen molar-refractivity contribution in [3.8, 4) is 0 Å². The number of carbonyl (C=O) groups is 1. The second-order valence-electron chi connectivity index (χ2n) is 3.56. The van der Waals surface area contributed by atoms with Gasteiger partial charge in [-0.1, -0.05) is 23.7 Å². The number of amides is 1. The predicted molar refractivity (Wildman–Crippen MR) is 60.8 cm³/mol. The fraction of sp³-hybridized carbons (Fsp3) is 0.300. The normalized spacial score (nSPS) is 21.6. The van der Waals surface area contributed by atoms with E-state index in [1.807, 2.05) is 5.32 Å². The minimum absolute atomic E-state index is 0. The van der Waals surface area contributed by atoms with Gasteiger partial charge in [-0.2, -0.15) is 0 Å². The second-order valence-corrected chi connectivity index (χ2v) is 3.96. The van der Waals surface area contributed by atoms with Gasteiger partial charge >= 0.3 is 12.0 Å². The molecule has 3 nitrogen and oxygen atoms in total. The number of hydrogen-bond donors (Lipinski definition) is 1. The van der Waals surface area contributed by atoms with E-state index in [-0.39, 0.29) is 23.0 Å². The molecule has 1 fully saturated rings. The maximum atomic E-state index is 13.6. The summed E-state index contributed by atoms with van der Waals surface area (Å²) in [7, 11) is 0. The molecule has 1 heterocycles. The van der Waals surface area contributed by atoms with Crippen molar-refractivity contribution < 1.29 is 22.7 Å². The number of cyclic esters (lactones) is 1. The molecular formula is C10H8Cl2F3NO2. The van der Waals surface area contributed by atoms with E-state index >= 15 is 0 Å². The molecule has 8 heteroatoms. The molecule has 18 heavy (non-hydrogen) atoms. The third kappa shape index (κ3) is 2.64. The van der Waals surface area contributed by atoms with E-state index in [0.29, 0.717) is 0 Å². The first-order chi connectivity index (χ1) is 7.92. The Kier molecular flexibility index (Phi) is 4.34. The van der Waals surface area contributed by atoms with Crippen molar-refractivity contribution in [2.45, 2.75) is 12.0 Å². The summed E-state index contributed by atoms with van der Waals surface area (Å²) in [5.74, 6) is -4.36. The lowest BCUT2D eigenvalue weighted by Crippen LogP contribution is -2.49. The van der Waals surface area contributed by atoms with Gasteiger partial charge in [-0.15, -0.1) is 12.4 Å². The summed E-state index contributed by atoms with van der Waals surface area (Å²) in [6.45, 7) is -1.09. The van der Waals surface area contributed by atoms with Crippen molar-refractivity contribution in [3.63, 3.8) is 0 Å². The number of carbonyl (C=O) groups excluding carboxylic acids is 1. The van der Waals surface area contributed by atoms with Gasteiger partial charge in [0.2, 0.25) is 0 Å². The fourth-order valence-electron chi connectivity index (χ4n) is 1.56. The topological polar surface area (TPSA) is 38.3 Å². The van der Waals surface area contributed by atoms with E-state index in [0.717, 1.165) is 6.07 Å². The maximum absolute atomic E-state index is 13.6. The highest BCUT2D eigenvalue weighted by Gasteiger charge is 2.47. The monoisotopic (exact) mass is 301 g/mol. The molecule has 0 saturated carbocycles. The highest BCUT2D eigenvalue weighted by molar-refractivity contribution is 6.30. The Morgan fingerprint density at radius 1 is 1.44 bits per heavy atom. The highest BCUT2D eigenvalue weighted by Crippen LogP contribution is 2.36. The number of alkyl carbamates (subject to hydrolysis) is 1. The SMILES string of the molecule is Cl.O=C1N[C@H](c2cccc(Cl)c2F)C(F)(F)CO1. The lowest BCUT2D eigenvalue weighted by Gasteiger charge is -2.32. The standard InChI is InChI=1S/C10H7ClF3NO2.ClH/c11-6-3-1-2-5(7(6)12)8-10(13,14)4-17-9(16)15-8;/h1-3,8H,4H2,(H,15,16);1H/t8-;/m1./s1. The summed E-state index contributed by atoms with van der Waals surface area (Å²) in [6, 6.07) is 1.94. The van der Waals surface area contributed by atoms with Crippen LogP contribution in [0.3, 0.4) is 0 Å². The molecular weight excluding hydrogens is 294 g/mol. The Morgan fingerprint density at radius 3 is 2.78 bits per heavy atom. The number of halogens is 5. The molecule has 0 aromatic heterocycles. The van der Waals surface area contributed by atoms with Crippen molar-refractivity contribution >= 4 is 30.1 Å². The van der Waals surface area contributed by atoms with Gasteiger partial charge in [0.25, 0.3) is 0 Å². The van der Waals surface area contributed by atoms with Crippen molar-refractivity contribution in [2.75, 3.05) is 6.61 Å². The zero-order valence-corrected chi connectivity index (χ0v) is 10.3. The number of benzene rings is 1. The molecule has 1 atom stereocenters. The van der Waals surface area contributed by atoms with Crippen LogP contribution in [0.4, 0.5) is 18.0 Å². The van der Waals surface area contributed by atoms with Crippen molar-refractivity contribution in [1.29, 1.82) is 0 Å². The summed E-state index contributed by atoms with van der Waals surface area (Å²) in [5, 5.41) is 1.60. The molecule has 0 radical (unpaired) electrons. The van der Waals surface area contributed by atoms with E-state index in [4.69, 9.17) is 11.6 Å². The van der Waals surface area contributed by atoms with Crippen LogP contribution in [-0.2, 0) is 4.74 Å². The van der Waals surface area contributed by atoms with Gasteiger partial charge in [-0.25, -0.2) is 18.0 Å². The number of ether oxygens (including phenoxy) is 1. The van der Waals surface area contributed by atoms with Crippen LogP contribution < -0.4 is 5.32 Å². The Hall–Kier alpha value is -1.14. The van der Waals surface area contributed by atoms with Crippen LogP contribution in [0.2, 0.25) is 5.02 Å². The average molecular weight is 302 g/mol. The van der Waals surface area contributed by atoms with Crippen LogP contribution in [0, 0.1) is 5.82 Å². The zero-order valence-electron chi connectivity index (χ0n) is 8.75. The quantitative estimate of drug-likeness (QED) is 0.864. The molecule has 1 aliphatic rings. The molecule has 2 rings (SSSR count). The van der Waals surface area contributed by atoms with E-state index in [1.165, 1.54) is 12.1 Å². The first kappa shape index (κ1) is 14.9. The summed E-state index contributed by atoms with van der Waals surface area (Å²) < 4.78 is 44.7. The summed E-state index contributed by atoms with van der Waals surface area (Å²) in [4.78, 5) is 10.9. The van der Waals surface area contributed by atoms with Crippen molar-refractivity contribution in [2.24, 2.45) is 0 Å². The Balaban J connectivity index is 0.00000162. The molecule has 100 valence electrons.